The minimum Gasteiger partial charge on any atom is -0.464 e. The quantitative estimate of drug-likeness (QED) is 0.495. The van der Waals surface area contributed by atoms with Crippen molar-refractivity contribution in [2.75, 3.05) is 39.5 Å². The van der Waals surface area contributed by atoms with Crippen LogP contribution >= 0.6 is 11.8 Å². The third-order valence-corrected chi connectivity index (χ3v) is 4.85. The molecule has 0 unspecified atom stereocenters. The predicted octanol–water partition coefficient (Wildman–Crippen LogP) is -0.232. The minimum absolute atomic E-state index is 0.217. The van der Waals surface area contributed by atoms with Crippen LogP contribution in [0.5, 0.6) is 0 Å². The zero-order chi connectivity index (χ0) is 18.3. The minimum atomic E-state index is -3.78. The summed E-state index contributed by atoms with van der Waals surface area (Å²) in [6.45, 7) is 2.14. The second-order valence-corrected chi connectivity index (χ2v) is 7.99. The van der Waals surface area contributed by atoms with Crippen LogP contribution in [0.25, 0.3) is 0 Å². The Balaban J connectivity index is 1.72. The molecule has 1 aromatic heterocycles. The molecular weight excluding hydrogens is 364 g/mol. The summed E-state index contributed by atoms with van der Waals surface area (Å²) in [5, 5.41) is 5.84. The fourth-order valence-electron chi connectivity index (χ4n) is 2.07. The van der Waals surface area contributed by atoms with Gasteiger partial charge in [0.2, 0.25) is 0 Å². The van der Waals surface area contributed by atoms with E-state index in [4.69, 9.17) is 10.2 Å². The maximum Gasteiger partial charge on any atom is 0.367 e. The second kappa shape index (κ2) is 9.22. The lowest BCUT2D eigenvalue weighted by molar-refractivity contribution is 0.344. The average Bonchev–Trinajstić information content (AvgIpc) is 3.08. The molecule has 0 atom stereocenters. The van der Waals surface area contributed by atoms with Crippen LogP contribution in [0.15, 0.2) is 25.3 Å². The first kappa shape index (κ1) is 19.8. The molecule has 1 aliphatic rings. The van der Waals surface area contributed by atoms with Gasteiger partial charge in [0, 0.05) is 25.4 Å². The molecule has 0 bridgehead atoms. The number of thioether (sulfide) groups is 1. The molecule has 4 N–H and O–H groups in total. The number of nitrogens with one attached hydrogen (secondary N) is 2. The fraction of sp³-hybridized carbons (Fsp3) is 0.571. The van der Waals surface area contributed by atoms with Crippen molar-refractivity contribution in [1.82, 2.24) is 15.5 Å². The molecule has 0 spiro atoms. The maximum absolute atomic E-state index is 11.5. The molecule has 1 aliphatic heterocycles. The summed E-state index contributed by atoms with van der Waals surface area (Å²) in [4.78, 5) is 2.05. The Labute approximate surface area is 152 Å². The normalized spacial score (nSPS) is 16.0. The van der Waals surface area contributed by atoms with Gasteiger partial charge in [0.15, 0.2) is 11.7 Å². The summed E-state index contributed by atoms with van der Waals surface area (Å²) in [5.74, 6) is 3.85. The topological polar surface area (TPSA) is 125 Å². The van der Waals surface area contributed by atoms with Crippen molar-refractivity contribution in [3.05, 3.63) is 23.7 Å². The van der Waals surface area contributed by atoms with E-state index in [0.717, 1.165) is 29.6 Å². The number of rotatable bonds is 9. The van der Waals surface area contributed by atoms with Crippen molar-refractivity contribution < 1.29 is 12.8 Å². The molecule has 2 rings (SSSR count). The highest BCUT2D eigenvalue weighted by Gasteiger charge is 2.23. The van der Waals surface area contributed by atoms with Crippen LogP contribution in [-0.4, -0.2) is 64.5 Å². The van der Waals surface area contributed by atoms with E-state index in [2.05, 4.69) is 19.4 Å². The van der Waals surface area contributed by atoms with Crippen LogP contribution in [-0.2, 0) is 22.5 Å². The molecule has 0 amide bonds. The first-order valence-corrected chi connectivity index (χ1v) is 10.4. The van der Waals surface area contributed by atoms with Gasteiger partial charge in [-0.3, -0.25) is 0 Å². The number of furan rings is 1. The zero-order valence-electron chi connectivity index (χ0n) is 14.4. The summed E-state index contributed by atoms with van der Waals surface area (Å²) in [7, 11) is 0.205. The SMILES string of the molecule is CN(C)Cc1ccc(CSCCNC2=NS(=O)(=O)N=C2NCCN)o1. The van der Waals surface area contributed by atoms with E-state index >= 15 is 0 Å². The van der Waals surface area contributed by atoms with Gasteiger partial charge in [-0.1, -0.05) is 0 Å². The van der Waals surface area contributed by atoms with Crippen LogP contribution in [0.4, 0.5) is 0 Å². The Morgan fingerprint density at radius 3 is 2.44 bits per heavy atom. The Morgan fingerprint density at radius 1 is 1.16 bits per heavy atom. The van der Waals surface area contributed by atoms with E-state index in [-0.39, 0.29) is 11.7 Å². The van der Waals surface area contributed by atoms with Gasteiger partial charge in [-0.15, -0.1) is 8.80 Å². The Hall–Kier alpha value is -1.56. The van der Waals surface area contributed by atoms with Crippen LogP contribution in [0.2, 0.25) is 0 Å². The fourth-order valence-corrected chi connectivity index (χ4v) is 3.62. The van der Waals surface area contributed by atoms with E-state index in [1.807, 2.05) is 31.1 Å². The average molecular weight is 389 g/mol. The van der Waals surface area contributed by atoms with E-state index in [9.17, 15) is 8.42 Å². The van der Waals surface area contributed by atoms with Crippen molar-refractivity contribution in [2.24, 2.45) is 14.5 Å². The third-order valence-electron chi connectivity index (χ3n) is 3.05. The van der Waals surface area contributed by atoms with Gasteiger partial charge in [-0.25, -0.2) is 0 Å². The number of nitrogens with two attached hydrogens (primary N) is 1. The number of nitrogens with zero attached hydrogens (tertiary/aromatic N) is 3. The smallest absolute Gasteiger partial charge is 0.367 e. The molecule has 11 heteroatoms. The van der Waals surface area contributed by atoms with Crippen molar-refractivity contribution in [1.29, 1.82) is 0 Å². The van der Waals surface area contributed by atoms with E-state index in [0.29, 0.717) is 19.6 Å². The van der Waals surface area contributed by atoms with E-state index in [1.54, 1.807) is 11.8 Å². The lowest BCUT2D eigenvalue weighted by Crippen LogP contribution is -2.41. The number of amidine groups is 2. The van der Waals surface area contributed by atoms with Crippen LogP contribution < -0.4 is 16.4 Å². The Morgan fingerprint density at radius 2 is 1.80 bits per heavy atom. The first-order valence-electron chi connectivity index (χ1n) is 7.83. The van der Waals surface area contributed by atoms with Crippen molar-refractivity contribution in [2.45, 2.75) is 12.3 Å². The van der Waals surface area contributed by atoms with Gasteiger partial charge >= 0.3 is 10.2 Å². The van der Waals surface area contributed by atoms with Gasteiger partial charge in [-0.05, 0) is 26.2 Å². The zero-order valence-corrected chi connectivity index (χ0v) is 16.0. The van der Waals surface area contributed by atoms with Crippen LogP contribution in [0, 0.1) is 0 Å². The summed E-state index contributed by atoms with van der Waals surface area (Å²) in [6, 6.07) is 3.96. The summed E-state index contributed by atoms with van der Waals surface area (Å²) < 4.78 is 35.8. The monoisotopic (exact) mass is 388 g/mol. The molecule has 1 aromatic rings. The largest absolute Gasteiger partial charge is 0.464 e. The third kappa shape index (κ3) is 6.69. The molecule has 0 saturated carbocycles. The molecule has 0 radical (unpaired) electrons. The Bertz CT molecular complexity index is 727. The summed E-state index contributed by atoms with van der Waals surface area (Å²) in [6.07, 6.45) is 0. The van der Waals surface area contributed by atoms with Crippen molar-refractivity contribution >= 4 is 33.6 Å². The molecule has 2 heterocycles. The standard InChI is InChI=1S/C14H24N6O3S2/c1-20(2)9-11-3-4-12(23-11)10-24-8-7-17-14-13(16-6-5-15)18-25(21,22)19-14/h3-4H,5-10,15H2,1-2H3,(H,16,18)(H,17,19). The van der Waals surface area contributed by atoms with Crippen LogP contribution in [0.3, 0.4) is 0 Å². The van der Waals surface area contributed by atoms with Gasteiger partial charge < -0.3 is 25.7 Å². The second-order valence-electron chi connectivity index (χ2n) is 5.63. The molecule has 0 fully saturated rings. The predicted molar refractivity (Wildman–Crippen MR) is 101 cm³/mol. The van der Waals surface area contributed by atoms with Crippen LogP contribution in [0.1, 0.15) is 11.5 Å². The van der Waals surface area contributed by atoms with Gasteiger partial charge in [-0.2, -0.15) is 20.2 Å². The Kier molecular flexibility index (Phi) is 7.29. The molecule has 140 valence electrons. The molecule has 0 aliphatic carbocycles. The van der Waals surface area contributed by atoms with Crippen molar-refractivity contribution in [3.63, 3.8) is 0 Å². The van der Waals surface area contributed by atoms with Gasteiger partial charge in [0.25, 0.3) is 0 Å². The molecule has 0 aromatic carbocycles. The van der Waals surface area contributed by atoms with Crippen molar-refractivity contribution in [3.8, 4) is 0 Å². The maximum atomic E-state index is 11.5. The lowest BCUT2D eigenvalue weighted by Gasteiger charge is -2.08. The lowest BCUT2D eigenvalue weighted by atomic mass is 10.4. The summed E-state index contributed by atoms with van der Waals surface area (Å²) >= 11 is 1.69. The highest BCUT2D eigenvalue weighted by molar-refractivity contribution is 7.98. The molecule has 25 heavy (non-hydrogen) atoms. The highest BCUT2D eigenvalue weighted by atomic mass is 32.2. The molecule has 9 nitrogen and oxygen atoms in total. The number of hydrogen-bond donors (Lipinski definition) is 3. The first-order chi connectivity index (χ1) is 11.9. The van der Waals surface area contributed by atoms with E-state index < -0.39 is 10.2 Å². The highest BCUT2D eigenvalue weighted by Crippen LogP contribution is 2.16. The molecule has 0 saturated heterocycles. The number of hydrogen-bond acceptors (Lipinski definition) is 8. The molecular formula is C14H24N6O3S2. The van der Waals surface area contributed by atoms with Gasteiger partial charge in [0.1, 0.15) is 11.5 Å². The van der Waals surface area contributed by atoms with E-state index in [1.165, 1.54) is 0 Å². The van der Waals surface area contributed by atoms with Gasteiger partial charge in [0.05, 0.1) is 12.3 Å². The summed E-state index contributed by atoms with van der Waals surface area (Å²) in [5.41, 5.74) is 5.40.